The maximum absolute atomic E-state index is 11.8. The molecule has 0 aliphatic heterocycles. The molecule has 4 nitrogen and oxygen atoms in total. The molecule has 1 aliphatic rings. The Morgan fingerprint density at radius 2 is 2.26 bits per heavy atom. The highest BCUT2D eigenvalue weighted by Gasteiger charge is 2.17. The molecule has 1 aromatic rings. The van der Waals surface area contributed by atoms with Crippen LogP contribution in [0.4, 0.5) is 0 Å². The Labute approximate surface area is 112 Å². The van der Waals surface area contributed by atoms with E-state index in [2.05, 4.69) is 11.9 Å². The van der Waals surface area contributed by atoms with Crippen molar-refractivity contribution in [2.75, 3.05) is 13.2 Å². The quantitative estimate of drug-likeness (QED) is 0.821. The van der Waals surface area contributed by atoms with E-state index >= 15 is 0 Å². The van der Waals surface area contributed by atoms with Crippen molar-refractivity contribution in [2.45, 2.75) is 19.3 Å². The van der Waals surface area contributed by atoms with Crippen LogP contribution < -0.4 is 10.1 Å². The number of hydrogen-bond donors (Lipinski definition) is 1. The van der Waals surface area contributed by atoms with Gasteiger partial charge < -0.3 is 10.1 Å². The first kappa shape index (κ1) is 13.3. The van der Waals surface area contributed by atoms with E-state index < -0.39 is 0 Å². The van der Waals surface area contributed by atoms with Crippen molar-refractivity contribution in [1.82, 2.24) is 5.32 Å². The lowest BCUT2D eigenvalue weighted by Crippen LogP contribution is -2.28. The van der Waals surface area contributed by atoms with Crippen LogP contribution in [0.15, 0.2) is 30.9 Å². The molecule has 1 aliphatic carbocycles. The van der Waals surface area contributed by atoms with E-state index in [1.54, 1.807) is 18.2 Å². The normalized spacial score (nSPS) is 13.6. The van der Waals surface area contributed by atoms with Crippen LogP contribution in [-0.4, -0.2) is 24.8 Å². The Balaban J connectivity index is 1.98. The molecule has 0 bridgehead atoms. The van der Waals surface area contributed by atoms with Gasteiger partial charge in [-0.15, -0.1) is 6.58 Å². The lowest BCUT2D eigenvalue weighted by Gasteiger charge is -2.15. The first-order chi connectivity index (χ1) is 9.20. The number of hydrogen-bond acceptors (Lipinski definition) is 3. The number of benzene rings is 1. The molecule has 0 radical (unpaired) electrons. The summed E-state index contributed by atoms with van der Waals surface area (Å²) in [5.41, 5.74) is 1.80. The van der Waals surface area contributed by atoms with Crippen molar-refractivity contribution in [3.05, 3.63) is 42.0 Å². The van der Waals surface area contributed by atoms with E-state index in [0.717, 1.165) is 24.0 Å². The van der Waals surface area contributed by atoms with Gasteiger partial charge in [0.15, 0.2) is 12.4 Å². The van der Waals surface area contributed by atoms with E-state index in [4.69, 9.17) is 4.74 Å². The molecule has 1 amide bonds. The summed E-state index contributed by atoms with van der Waals surface area (Å²) >= 11 is 0. The third-order valence-corrected chi connectivity index (χ3v) is 3.05. The average Bonchev–Trinajstić information content (AvgIpc) is 2.43. The molecule has 0 atom stereocenters. The summed E-state index contributed by atoms with van der Waals surface area (Å²) in [6.07, 6.45) is 4.04. The highest BCUT2D eigenvalue weighted by molar-refractivity contribution is 5.98. The molecule has 0 saturated heterocycles. The first-order valence-electron chi connectivity index (χ1n) is 6.37. The van der Waals surface area contributed by atoms with Crippen molar-refractivity contribution < 1.29 is 14.3 Å². The number of Topliss-reactive ketones (excluding diaryl/α,β-unsaturated/α-hetero) is 1. The van der Waals surface area contributed by atoms with Crippen LogP contribution in [0, 0.1) is 0 Å². The van der Waals surface area contributed by atoms with E-state index in [9.17, 15) is 9.59 Å². The first-order valence-corrected chi connectivity index (χ1v) is 6.37. The molecular weight excluding hydrogens is 242 g/mol. The lowest BCUT2D eigenvalue weighted by molar-refractivity contribution is -0.122. The number of ether oxygens (including phenoxy) is 1. The van der Waals surface area contributed by atoms with Gasteiger partial charge in [0.05, 0.1) is 0 Å². The molecule has 0 unspecified atom stereocenters. The van der Waals surface area contributed by atoms with Crippen molar-refractivity contribution >= 4 is 11.7 Å². The van der Waals surface area contributed by atoms with E-state index in [-0.39, 0.29) is 18.3 Å². The molecule has 0 fully saturated rings. The zero-order valence-electron chi connectivity index (χ0n) is 10.8. The average molecular weight is 259 g/mol. The SMILES string of the molecule is C=CCNC(=O)COc1ccc2c(c1)C(=O)CCC2. The fraction of sp³-hybridized carbons (Fsp3) is 0.333. The minimum Gasteiger partial charge on any atom is -0.484 e. The smallest absolute Gasteiger partial charge is 0.258 e. The zero-order chi connectivity index (χ0) is 13.7. The summed E-state index contributed by atoms with van der Waals surface area (Å²) in [4.78, 5) is 23.1. The predicted molar refractivity (Wildman–Crippen MR) is 72.4 cm³/mol. The number of nitrogens with one attached hydrogen (secondary N) is 1. The van der Waals surface area contributed by atoms with Crippen molar-refractivity contribution in [3.63, 3.8) is 0 Å². The summed E-state index contributed by atoms with van der Waals surface area (Å²) in [7, 11) is 0. The molecule has 0 saturated carbocycles. The molecule has 4 heteroatoms. The molecule has 19 heavy (non-hydrogen) atoms. The van der Waals surface area contributed by atoms with E-state index in [0.29, 0.717) is 18.7 Å². The fourth-order valence-corrected chi connectivity index (χ4v) is 2.08. The molecule has 1 aromatic carbocycles. The summed E-state index contributed by atoms with van der Waals surface area (Å²) in [5, 5.41) is 2.62. The van der Waals surface area contributed by atoms with Gasteiger partial charge in [-0.2, -0.15) is 0 Å². The maximum Gasteiger partial charge on any atom is 0.258 e. The van der Waals surface area contributed by atoms with Crippen LogP contribution in [0.3, 0.4) is 0 Å². The molecule has 2 rings (SSSR count). The lowest BCUT2D eigenvalue weighted by atomic mass is 9.90. The molecular formula is C15H17NO3. The Morgan fingerprint density at radius 1 is 1.42 bits per heavy atom. The minimum absolute atomic E-state index is 0.0547. The van der Waals surface area contributed by atoms with Gasteiger partial charge in [0, 0.05) is 18.5 Å². The summed E-state index contributed by atoms with van der Waals surface area (Å²) in [5.74, 6) is 0.509. The third kappa shape index (κ3) is 3.44. The van der Waals surface area contributed by atoms with E-state index in [1.807, 2.05) is 6.07 Å². The summed E-state index contributed by atoms with van der Waals surface area (Å²) in [6, 6.07) is 5.44. The highest BCUT2D eigenvalue weighted by Crippen LogP contribution is 2.25. The molecule has 1 N–H and O–H groups in total. The van der Waals surface area contributed by atoms with Crippen molar-refractivity contribution in [3.8, 4) is 5.75 Å². The monoisotopic (exact) mass is 259 g/mol. The van der Waals surface area contributed by atoms with Gasteiger partial charge in [-0.05, 0) is 30.5 Å². The maximum atomic E-state index is 11.8. The highest BCUT2D eigenvalue weighted by atomic mass is 16.5. The number of amides is 1. The minimum atomic E-state index is -0.205. The fourth-order valence-electron chi connectivity index (χ4n) is 2.08. The Kier molecular flexibility index (Phi) is 4.34. The van der Waals surface area contributed by atoms with Crippen LogP contribution in [0.25, 0.3) is 0 Å². The second-order valence-electron chi connectivity index (χ2n) is 4.48. The second-order valence-corrected chi connectivity index (χ2v) is 4.48. The van der Waals surface area contributed by atoms with Crippen LogP contribution in [0.1, 0.15) is 28.8 Å². The van der Waals surface area contributed by atoms with Crippen LogP contribution >= 0.6 is 0 Å². The van der Waals surface area contributed by atoms with Gasteiger partial charge in [0.25, 0.3) is 5.91 Å². The zero-order valence-corrected chi connectivity index (χ0v) is 10.8. The van der Waals surface area contributed by atoms with Crippen molar-refractivity contribution in [2.24, 2.45) is 0 Å². The summed E-state index contributed by atoms with van der Waals surface area (Å²) in [6.45, 7) is 3.88. The number of aryl methyl sites for hydroxylation is 1. The summed E-state index contributed by atoms with van der Waals surface area (Å²) < 4.78 is 5.38. The number of carbonyl (C=O) groups is 2. The predicted octanol–water partition coefficient (Wildman–Crippen LogP) is 1.89. The Bertz CT molecular complexity index is 508. The molecule has 0 heterocycles. The largest absolute Gasteiger partial charge is 0.484 e. The number of ketones is 1. The van der Waals surface area contributed by atoms with Gasteiger partial charge in [-0.1, -0.05) is 12.1 Å². The molecule has 0 aromatic heterocycles. The number of rotatable bonds is 5. The standard InChI is InChI=1S/C15H17NO3/c1-2-8-16-15(18)10-19-12-7-6-11-4-3-5-14(17)13(11)9-12/h2,6-7,9H,1,3-5,8,10H2,(H,16,18). The van der Waals surface area contributed by atoms with Crippen LogP contribution in [-0.2, 0) is 11.2 Å². The Hall–Kier alpha value is -2.10. The molecule has 0 spiro atoms. The van der Waals surface area contributed by atoms with Gasteiger partial charge in [0.2, 0.25) is 0 Å². The van der Waals surface area contributed by atoms with Crippen LogP contribution in [0.2, 0.25) is 0 Å². The molecule has 100 valence electrons. The van der Waals surface area contributed by atoms with Crippen molar-refractivity contribution in [1.29, 1.82) is 0 Å². The van der Waals surface area contributed by atoms with Crippen LogP contribution in [0.5, 0.6) is 5.75 Å². The number of fused-ring (bicyclic) bond motifs is 1. The van der Waals surface area contributed by atoms with Gasteiger partial charge in [-0.3, -0.25) is 9.59 Å². The Morgan fingerprint density at radius 3 is 3.05 bits per heavy atom. The van der Waals surface area contributed by atoms with Gasteiger partial charge in [-0.25, -0.2) is 0 Å². The van der Waals surface area contributed by atoms with Gasteiger partial charge >= 0.3 is 0 Å². The van der Waals surface area contributed by atoms with E-state index in [1.165, 1.54) is 0 Å². The van der Waals surface area contributed by atoms with Gasteiger partial charge in [0.1, 0.15) is 5.75 Å². The topological polar surface area (TPSA) is 55.4 Å². The second kappa shape index (κ2) is 6.18. The third-order valence-electron chi connectivity index (χ3n) is 3.05. The number of carbonyl (C=O) groups excluding carboxylic acids is 2.